The van der Waals surface area contributed by atoms with Gasteiger partial charge in [0.05, 0.1) is 81.6 Å². The largest absolute Gasteiger partial charge is 0.481 e. The summed E-state index contributed by atoms with van der Waals surface area (Å²) in [5, 5.41) is 7.60. The van der Waals surface area contributed by atoms with E-state index in [4.69, 9.17) is 28.9 Å². The van der Waals surface area contributed by atoms with E-state index in [1.54, 1.807) is 91.8 Å². The number of rotatable bonds is 32. The molecule has 4 aromatic carbocycles. The van der Waals surface area contributed by atoms with Crippen molar-refractivity contribution in [2.75, 3.05) is 44.3 Å². The van der Waals surface area contributed by atoms with E-state index in [0.717, 1.165) is 182 Å². The molecule has 0 amide bonds. The highest BCUT2D eigenvalue weighted by Gasteiger charge is 2.33. The van der Waals surface area contributed by atoms with E-state index in [1.165, 1.54) is 63.4 Å². The maximum Gasteiger partial charge on any atom is 0.348 e. The number of thiophene rings is 1. The lowest BCUT2D eigenvalue weighted by molar-refractivity contribution is 0.0559. The minimum Gasteiger partial charge on any atom is -0.481 e. The molecular formula is C92H123F2N3O14S7. The Bertz CT molecular complexity index is 4980. The highest BCUT2D eigenvalue weighted by molar-refractivity contribution is 7.99. The van der Waals surface area contributed by atoms with Gasteiger partial charge in [0.1, 0.15) is 15.7 Å². The van der Waals surface area contributed by atoms with Gasteiger partial charge in [-0.2, -0.15) is 0 Å². The van der Waals surface area contributed by atoms with Crippen molar-refractivity contribution < 1.29 is 71.0 Å². The molecule has 0 bridgehead atoms. The number of aryl methyl sites for hydroxylation is 4. The van der Waals surface area contributed by atoms with Gasteiger partial charge in [-0.3, -0.25) is 0 Å². The van der Waals surface area contributed by atoms with E-state index < -0.39 is 62.9 Å². The first-order chi connectivity index (χ1) is 56.2. The Kier molecular flexibility index (Phi) is 36.7. The van der Waals surface area contributed by atoms with Gasteiger partial charge in [-0.15, -0.1) is 22.7 Å². The Balaban J connectivity index is 0.000000179. The van der Waals surface area contributed by atoms with Crippen LogP contribution in [0.3, 0.4) is 0 Å². The van der Waals surface area contributed by atoms with E-state index in [1.807, 2.05) is 41.8 Å². The van der Waals surface area contributed by atoms with Crippen LogP contribution >= 0.6 is 34.4 Å². The van der Waals surface area contributed by atoms with Crippen molar-refractivity contribution in [1.29, 1.82) is 0 Å². The summed E-state index contributed by atoms with van der Waals surface area (Å²) in [5.41, 5.74) is 5.56. The van der Waals surface area contributed by atoms with E-state index >= 15 is 0 Å². The summed E-state index contributed by atoms with van der Waals surface area (Å²) in [5.74, 6) is 3.37. The van der Waals surface area contributed by atoms with E-state index in [2.05, 4.69) is 71.0 Å². The Labute approximate surface area is 713 Å². The van der Waals surface area contributed by atoms with Crippen LogP contribution in [0.4, 0.5) is 8.78 Å². The second-order valence-corrected chi connectivity index (χ2v) is 47.0. The number of esters is 2. The van der Waals surface area contributed by atoms with E-state index in [-0.39, 0.29) is 49.2 Å². The Morgan fingerprint density at radius 1 is 0.466 bits per heavy atom. The molecule has 0 N–H and O–H groups in total. The average Bonchev–Trinajstić information content (AvgIpc) is 1.60. The van der Waals surface area contributed by atoms with Crippen LogP contribution in [0.1, 0.15) is 226 Å². The van der Waals surface area contributed by atoms with Crippen LogP contribution in [-0.2, 0) is 74.5 Å². The Hall–Kier alpha value is -6.68. The molecule has 26 heteroatoms. The van der Waals surface area contributed by atoms with Crippen LogP contribution in [0.25, 0.3) is 22.0 Å². The van der Waals surface area contributed by atoms with Gasteiger partial charge >= 0.3 is 11.9 Å². The predicted molar refractivity (Wildman–Crippen MR) is 475 cm³/mol. The van der Waals surface area contributed by atoms with Gasteiger partial charge in [0, 0.05) is 39.7 Å². The molecule has 4 fully saturated rings. The third-order valence-corrected chi connectivity index (χ3v) is 36.6. The average molecular weight is 1760 g/mol. The molecule has 0 saturated heterocycles. The summed E-state index contributed by atoms with van der Waals surface area (Å²) in [7, 11) is -7.59. The number of hydrogen-bond donors (Lipinski definition) is 0. The highest BCUT2D eigenvalue weighted by atomic mass is 32.2. The molecule has 4 aliphatic carbocycles. The van der Waals surface area contributed by atoms with Gasteiger partial charge in [-0.1, -0.05) is 136 Å². The molecule has 0 atom stereocenters. The van der Waals surface area contributed by atoms with E-state index in [9.17, 15) is 52.0 Å². The number of nitrogens with zero attached hydrogens (tertiary/aromatic N) is 3. The van der Waals surface area contributed by atoms with Crippen molar-refractivity contribution in [2.24, 2.45) is 47.3 Å². The molecule has 4 aromatic heterocycles. The van der Waals surface area contributed by atoms with Gasteiger partial charge in [-0.05, 0) is 263 Å². The molecule has 12 rings (SSSR count). The van der Waals surface area contributed by atoms with Gasteiger partial charge in [0.15, 0.2) is 50.9 Å². The van der Waals surface area contributed by atoms with Crippen molar-refractivity contribution in [1.82, 2.24) is 15.0 Å². The maximum atomic E-state index is 13.9. The third kappa shape index (κ3) is 28.7. The number of aromatic nitrogens is 3. The number of methoxy groups -OCH3 is 3. The molecular weight excluding hydrogens is 1630 g/mol. The number of fused-ring (bicyclic) bond motifs is 1. The van der Waals surface area contributed by atoms with Crippen molar-refractivity contribution >= 4 is 96.5 Å². The van der Waals surface area contributed by atoms with Crippen LogP contribution in [0.15, 0.2) is 142 Å². The zero-order valence-corrected chi connectivity index (χ0v) is 76.3. The summed E-state index contributed by atoms with van der Waals surface area (Å²) in [4.78, 5) is 39.3. The van der Waals surface area contributed by atoms with Crippen molar-refractivity contribution in [2.45, 2.75) is 240 Å². The fourth-order valence-electron chi connectivity index (χ4n) is 16.2. The molecule has 0 spiro atoms. The monoisotopic (exact) mass is 1760 g/mol. The number of carbonyl (C=O) groups is 2. The van der Waals surface area contributed by atoms with E-state index in [0.29, 0.717) is 76.5 Å². The smallest absolute Gasteiger partial charge is 0.348 e. The second kappa shape index (κ2) is 45.4. The lowest BCUT2D eigenvalue weighted by atomic mass is 9.80. The first-order valence-corrected chi connectivity index (χ1v) is 51.6. The van der Waals surface area contributed by atoms with Crippen LogP contribution in [0, 0.1) is 59.0 Å². The number of pyridine rings is 2. The standard InChI is InChI=1S/C25H31NO2S2.C24H33NO3S2.C23H29F2NO3S.C20H30O6S2/c1-18(2)30(27,28)17-20-12-10-19(11-13-20)14-15-25-26-24(16-29-25)23-9-5-7-21-6-3-4-8-22(21)23;1-18(2)30(26,27)17-20-11-9-19(10-12-20)13-14-21-15-16-23(28-3)25-24(21)29-22-7-5-4-6-8-22;1-16(2)30(27,28)15-18-7-5-17(6-8-18)9-10-19-4-3-13-26-23(19)29-22-12-11-20(24)14-21(22)25;1-13(2)28(23,24)12-15-7-5-14(6-8-15)9-10-16-11-27-18(20(22)26-4)17(16)19(21)25-3/h3-9,16,18-20H,10-15,17H2,1-2H3;4-8,15-16,18-20H,9-14,17H2,1-3H3;3-4,11-14,16-18H,5-10,15H2,1-2H3;11,13-15H,5-10,12H2,1-4H3. The lowest BCUT2D eigenvalue weighted by Crippen LogP contribution is -2.26. The first kappa shape index (κ1) is 95.2. The SMILES string of the molecule is CC(C)S(=O)(=O)CC1CCC(CCc2cccnc2Oc2ccc(F)cc2F)CC1.CC(C)S(=O)(=O)CC1CCC(CCc2nc(-c3cccc4ccccc34)cs2)CC1.COC(=O)c1scc(CCC2CCC(CS(=O)(=O)C(C)C)CC2)c1C(=O)OC.COc1ccc(CCC2CCC(CS(=O)(=O)C(C)C)CC2)c(Sc2ccccc2)n1. The van der Waals surface area contributed by atoms with Crippen LogP contribution in [0.5, 0.6) is 17.5 Å². The molecule has 4 saturated carbocycles. The summed E-state index contributed by atoms with van der Waals surface area (Å²) in [6.45, 7) is 14.1. The number of benzene rings is 4. The molecule has 646 valence electrons. The summed E-state index contributed by atoms with van der Waals surface area (Å²) in [6, 6.07) is 36.2. The fourth-order valence-corrected chi connectivity index (χ4v) is 24.5. The first-order valence-electron chi connectivity index (χ1n) is 42.1. The predicted octanol–water partition coefficient (Wildman–Crippen LogP) is 21.9. The minimum absolute atomic E-state index is 0.0526. The highest BCUT2D eigenvalue weighted by Crippen LogP contribution is 2.41. The van der Waals surface area contributed by atoms with Crippen molar-refractivity contribution in [3.05, 3.63) is 176 Å². The molecule has 17 nitrogen and oxygen atoms in total. The van der Waals surface area contributed by atoms with Crippen molar-refractivity contribution in [3.8, 4) is 28.8 Å². The Morgan fingerprint density at radius 3 is 1.41 bits per heavy atom. The molecule has 0 radical (unpaired) electrons. The molecule has 4 aliphatic rings. The number of halogens is 2. The summed E-state index contributed by atoms with van der Waals surface area (Å²) >= 11 is 4.65. The number of thiazole rings is 1. The summed E-state index contributed by atoms with van der Waals surface area (Å²) < 4.78 is 145. The third-order valence-electron chi connectivity index (χ3n) is 24.1. The molecule has 8 aromatic rings. The van der Waals surface area contributed by atoms with Gasteiger partial charge in [-0.25, -0.2) is 67.0 Å². The van der Waals surface area contributed by atoms with Gasteiger partial charge in [0.2, 0.25) is 11.8 Å². The van der Waals surface area contributed by atoms with Gasteiger partial charge < -0.3 is 18.9 Å². The number of sulfone groups is 4. The summed E-state index contributed by atoms with van der Waals surface area (Å²) in [6.07, 6.45) is 25.7. The quantitative estimate of drug-likeness (QED) is 0.0356. The van der Waals surface area contributed by atoms with Crippen LogP contribution in [-0.4, -0.2) is 126 Å². The maximum absolute atomic E-state index is 13.9. The molecule has 118 heavy (non-hydrogen) atoms. The number of hydrogen-bond acceptors (Lipinski definition) is 20. The van der Waals surface area contributed by atoms with Crippen LogP contribution < -0.4 is 9.47 Å². The topological polar surface area (TPSA) is 246 Å². The zero-order valence-electron chi connectivity index (χ0n) is 70.6. The normalized spacial score (nSPS) is 19.9. The minimum atomic E-state index is -2.99. The second-order valence-electron chi connectivity index (χ2n) is 33.7. The number of carbonyl (C=O) groups excluding carboxylic acids is 2. The van der Waals surface area contributed by atoms with Crippen LogP contribution in [0.2, 0.25) is 0 Å². The fraction of sp³-hybridized carbons (Fsp3) is 0.554. The zero-order chi connectivity index (χ0) is 85.3. The molecule has 4 heterocycles. The number of ether oxygens (including phenoxy) is 4. The van der Waals surface area contributed by atoms with Crippen molar-refractivity contribution in [3.63, 3.8) is 0 Å². The molecule has 0 unspecified atom stereocenters. The van der Waals surface area contributed by atoms with Gasteiger partial charge in [0.25, 0.3) is 0 Å². The lowest BCUT2D eigenvalue weighted by Gasteiger charge is -2.29. The Morgan fingerprint density at radius 2 is 0.924 bits per heavy atom. The molecule has 0 aliphatic heterocycles.